The van der Waals surface area contributed by atoms with Crippen LogP contribution in [0.2, 0.25) is 0 Å². The molecule has 0 saturated heterocycles. The van der Waals surface area contributed by atoms with Crippen LogP contribution in [0.1, 0.15) is 51.9 Å². The maximum absolute atomic E-state index is 11.8. The summed E-state index contributed by atoms with van der Waals surface area (Å²) in [6.45, 7) is 3.96. The van der Waals surface area contributed by atoms with Gasteiger partial charge in [0.05, 0.1) is 12.3 Å². The Balaban J connectivity index is 2.27. The average Bonchev–Trinajstić information content (AvgIpc) is 2.58. The second-order valence-electron chi connectivity index (χ2n) is 6.53. The minimum Gasteiger partial charge on any atom is -0.491 e. The van der Waals surface area contributed by atoms with E-state index in [1.807, 2.05) is 43.3 Å². The summed E-state index contributed by atoms with van der Waals surface area (Å²) >= 11 is 0. The van der Waals surface area contributed by atoms with Crippen molar-refractivity contribution in [3.63, 3.8) is 0 Å². The molecular formula is C20H34N2O3. The van der Waals surface area contributed by atoms with E-state index in [1.54, 1.807) is 0 Å². The van der Waals surface area contributed by atoms with Crippen LogP contribution in [0.4, 0.5) is 10.5 Å². The van der Waals surface area contributed by atoms with Crippen LogP contribution in [-0.4, -0.2) is 44.8 Å². The second-order valence-corrected chi connectivity index (χ2v) is 6.53. The first-order valence-corrected chi connectivity index (χ1v) is 9.43. The van der Waals surface area contributed by atoms with Crippen molar-refractivity contribution in [3.8, 4) is 5.75 Å². The first-order valence-electron chi connectivity index (χ1n) is 9.43. The fourth-order valence-corrected chi connectivity index (χ4v) is 2.40. The summed E-state index contributed by atoms with van der Waals surface area (Å²) in [4.78, 5) is 13.8. The van der Waals surface area contributed by atoms with Crippen molar-refractivity contribution in [2.75, 3.05) is 39.2 Å². The molecular weight excluding hydrogens is 316 g/mol. The first kappa shape index (κ1) is 21.3. The number of carbonyl (C=O) groups is 1. The van der Waals surface area contributed by atoms with Gasteiger partial charge in [0.1, 0.15) is 12.4 Å². The number of benzene rings is 1. The Labute approximate surface area is 152 Å². The summed E-state index contributed by atoms with van der Waals surface area (Å²) in [5, 5.41) is 2.75. The molecule has 5 nitrogen and oxygen atoms in total. The van der Waals surface area contributed by atoms with Crippen LogP contribution < -0.4 is 10.1 Å². The molecule has 0 unspecified atom stereocenters. The molecule has 1 aromatic carbocycles. The van der Waals surface area contributed by atoms with Gasteiger partial charge in [-0.2, -0.15) is 0 Å². The van der Waals surface area contributed by atoms with Crippen molar-refractivity contribution in [1.29, 1.82) is 0 Å². The van der Waals surface area contributed by atoms with Gasteiger partial charge in [-0.15, -0.1) is 0 Å². The summed E-state index contributed by atoms with van der Waals surface area (Å²) in [7, 11) is 3.88. The normalized spacial score (nSPS) is 10.7. The molecule has 0 bridgehead atoms. The number of para-hydroxylation sites is 2. The number of likely N-dealkylation sites (N-methyl/N-ethyl adjacent to an activating group) is 1. The van der Waals surface area contributed by atoms with E-state index in [4.69, 9.17) is 9.47 Å². The number of nitrogens with zero attached hydrogens (tertiary/aromatic N) is 1. The summed E-state index contributed by atoms with van der Waals surface area (Å²) in [5.41, 5.74) is 0.653. The number of anilines is 1. The van der Waals surface area contributed by atoms with Gasteiger partial charge in [-0.1, -0.05) is 57.6 Å². The highest BCUT2D eigenvalue weighted by atomic mass is 16.5. The number of unbranched alkanes of at least 4 members (excludes halogenated alkanes) is 6. The fourth-order valence-electron chi connectivity index (χ4n) is 2.40. The molecule has 0 aliphatic carbocycles. The topological polar surface area (TPSA) is 50.8 Å². The molecule has 1 amide bonds. The second kappa shape index (κ2) is 13.5. The van der Waals surface area contributed by atoms with Crippen LogP contribution in [0.25, 0.3) is 0 Å². The third-order valence-corrected chi connectivity index (χ3v) is 3.90. The zero-order chi connectivity index (χ0) is 18.3. The molecule has 1 rings (SSSR count). The zero-order valence-electron chi connectivity index (χ0n) is 16.1. The van der Waals surface area contributed by atoms with Gasteiger partial charge in [-0.05, 0) is 32.6 Å². The molecule has 0 aromatic heterocycles. The van der Waals surface area contributed by atoms with Gasteiger partial charge in [-0.25, -0.2) is 4.79 Å². The van der Waals surface area contributed by atoms with E-state index < -0.39 is 6.09 Å². The van der Waals surface area contributed by atoms with Crippen molar-refractivity contribution in [2.24, 2.45) is 0 Å². The minimum atomic E-state index is -0.450. The van der Waals surface area contributed by atoms with Gasteiger partial charge in [0.25, 0.3) is 0 Å². The van der Waals surface area contributed by atoms with Crippen molar-refractivity contribution in [3.05, 3.63) is 24.3 Å². The first-order chi connectivity index (χ1) is 12.1. The van der Waals surface area contributed by atoms with Crippen LogP contribution in [0.15, 0.2) is 24.3 Å². The summed E-state index contributed by atoms with van der Waals surface area (Å²) in [5.74, 6) is 0.693. The Morgan fingerprint density at radius 3 is 2.40 bits per heavy atom. The Hall–Kier alpha value is -1.75. The lowest BCUT2D eigenvalue weighted by Crippen LogP contribution is -2.22. The third kappa shape index (κ3) is 10.7. The lowest BCUT2D eigenvalue weighted by Gasteiger charge is -2.13. The highest BCUT2D eigenvalue weighted by Crippen LogP contribution is 2.24. The molecule has 142 valence electrons. The van der Waals surface area contributed by atoms with Gasteiger partial charge in [0, 0.05) is 6.54 Å². The molecule has 0 atom stereocenters. The summed E-state index contributed by atoms with van der Waals surface area (Å²) in [6, 6.07) is 7.47. The Bertz CT molecular complexity index is 478. The summed E-state index contributed by atoms with van der Waals surface area (Å²) in [6.07, 6.45) is 8.30. The molecule has 0 radical (unpaired) electrons. The van der Waals surface area contributed by atoms with Crippen LogP contribution in [0.3, 0.4) is 0 Å². The van der Waals surface area contributed by atoms with Gasteiger partial charge in [0.2, 0.25) is 0 Å². The predicted molar refractivity (Wildman–Crippen MR) is 103 cm³/mol. The van der Waals surface area contributed by atoms with Crippen molar-refractivity contribution >= 4 is 11.8 Å². The van der Waals surface area contributed by atoms with Gasteiger partial charge < -0.3 is 14.4 Å². The molecule has 0 fully saturated rings. The maximum atomic E-state index is 11.8. The van der Waals surface area contributed by atoms with Crippen molar-refractivity contribution in [1.82, 2.24) is 4.90 Å². The molecule has 0 saturated carbocycles. The van der Waals surface area contributed by atoms with Crippen molar-refractivity contribution in [2.45, 2.75) is 51.9 Å². The quantitative estimate of drug-likeness (QED) is 0.513. The van der Waals surface area contributed by atoms with Crippen LogP contribution in [0.5, 0.6) is 5.75 Å². The Morgan fingerprint density at radius 1 is 1.00 bits per heavy atom. The van der Waals surface area contributed by atoms with Crippen LogP contribution >= 0.6 is 0 Å². The number of ether oxygens (including phenoxy) is 2. The SMILES string of the molecule is CCCCCCCCCOc1ccccc1NC(=O)OCCN(C)C. The van der Waals surface area contributed by atoms with E-state index in [2.05, 4.69) is 12.2 Å². The number of hydrogen-bond acceptors (Lipinski definition) is 4. The molecule has 0 aliphatic heterocycles. The molecule has 25 heavy (non-hydrogen) atoms. The molecule has 1 N–H and O–H groups in total. The lowest BCUT2D eigenvalue weighted by molar-refractivity contribution is 0.151. The van der Waals surface area contributed by atoms with Gasteiger partial charge >= 0.3 is 6.09 Å². The summed E-state index contributed by atoms with van der Waals surface area (Å²) < 4.78 is 11.0. The van der Waals surface area contributed by atoms with Gasteiger partial charge in [-0.3, -0.25) is 5.32 Å². The Morgan fingerprint density at radius 2 is 1.68 bits per heavy atom. The van der Waals surface area contributed by atoms with Gasteiger partial charge in [0.15, 0.2) is 0 Å². The molecule has 0 heterocycles. The van der Waals surface area contributed by atoms with Crippen LogP contribution in [-0.2, 0) is 4.74 Å². The predicted octanol–water partition coefficient (Wildman–Crippen LogP) is 4.93. The van der Waals surface area contributed by atoms with Crippen molar-refractivity contribution < 1.29 is 14.3 Å². The highest BCUT2D eigenvalue weighted by Gasteiger charge is 2.08. The third-order valence-electron chi connectivity index (χ3n) is 3.90. The Kier molecular flexibility index (Phi) is 11.5. The van der Waals surface area contributed by atoms with E-state index in [0.29, 0.717) is 31.2 Å². The monoisotopic (exact) mass is 350 g/mol. The molecule has 0 aliphatic rings. The minimum absolute atomic E-state index is 0.361. The molecule has 0 spiro atoms. The van der Waals surface area contributed by atoms with E-state index in [1.165, 1.54) is 38.5 Å². The maximum Gasteiger partial charge on any atom is 0.411 e. The number of carbonyl (C=O) groups excluding carboxylic acids is 1. The van der Waals surface area contributed by atoms with Crippen LogP contribution in [0, 0.1) is 0 Å². The largest absolute Gasteiger partial charge is 0.491 e. The molecule has 5 heteroatoms. The number of nitrogens with one attached hydrogen (secondary N) is 1. The fraction of sp³-hybridized carbons (Fsp3) is 0.650. The van der Waals surface area contributed by atoms with E-state index in [-0.39, 0.29) is 0 Å². The van der Waals surface area contributed by atoms with E-state index in [9.17, 15) is 4.79 Å². The number of hydrogen-bond donors (Lipinski definition) is 1. The standard InChI is InChI=1S/C20H34N2O3/c1-4-5-6-7-8-9-12-16-24-19-14-11-10-13-18(19)21-20(23)25-17-15-22(2)3/h10-11,13-14H,4-9,12,15-17H2,1-3H3,(H,21,23). The van der Waals surface area contributed by atoms with E-state index >= 15 is 0 Å². The number of rotatable bonds is 13. The lowest BCUT2D eigenvalue weighted by atomic mass is 10.1. The zero-order valence-corrected chi connectivity index (χ0v) is 16.1. The average molecular weight is 351 g/mol. The molecule has 1 aromatic rings. The smallest absolute Gasteiger partial charge is 0.411 e. The highest BCUT2D eigenvalue weighted by molar-refractivity contribution is 5.86. The van der Waals surface area contributed by atoms with E-state index in [0.717, 1.165) is 6.42 Å². The number of amides is 1.